The molecule has 1 atom stereocenters. The molecule has 0 bridgehead atoms. The molecule has 1 N–H and O–H groups in total. The molecule has 134 valence electrons. The lowest BCUT2D eigenvalue weighted by Crippen LogP contribution is -2.50. The number of hydrogen-bond donors (Lipinski definition) is 1. The Morgan fingerprint density at radius 1 is 1.36 bits per heavy atom. The van der Waals surface area contributed by atoms with Crippen LogP contribution < -0.4 is 4.74 Å². The highest BCUT2D eigenvalue weighted by Crippen LogP contribution is 2.27. The molecule has 0 saturated carbocycles. The minimum atomic E-state index is -0.775. The number of fused-ring (bicyclic) bond motifs is 1. The zero-order valence-corrected chi connectivity index (χ0v) is 14.7. The van der Waals surface area contributed by atoms with Gasteiger partial charge in [-0.3, -0.25) is 0 Å². The fourth-order valence-electron chi connectivity index (χ4n) is 3.92. The van der Waals surface area contributed by atoms with Crippen molar-refractivity contribution < 1.29 is 14.4 Å². The molecule has 1 aromatic heterocycles. The highest BCUT2D eigenvalue weighted by atomic mass is 16.5. The number of likely N-dealkylation sites (tertiary alicyclic amines) is 1. The zero-order valence-electron chi connectivity index (χ0n) is 14.7. The lowest BCUT2D eigenvalue weighted by molar-refractivity contribution is -0.0345. The third-order valence-electron chi connectivity index (χ3n) is 5.15. The zero-order chi connectivity index (χ0) is 17.3. The third kappa shape index (κ3) is 3.85. The number of piperidine rings is 1. The van der Waals surface area contributed by atoms with Gasteiger partial charge in [0.2, 0.25) is 5.89 Å². The summed E-state index contributed by atoms with van der Waals surface area (Å²) in [5, 5.41) is 14.8. The summed E-state index contributed by atoms with van der Waals surface area (Å²) in [5.74, 6) is 2.18. The molecule has 1 aromatic carbocycles. The molecule has 1 fully saturated rings. The van der Waals surface area contributed by atoms with Gasteiger partial charge >= 0.3 is 0 Å². The van der Waals surface area contributed by atoms with Crippen molar-refractivity contribution in [3.05, 3.63) is 41.0 Å². The summed E-state index contributed by atoms with van der Waals surface area (Å²) >= 11 is 0. The molecule has 6 heteroatoms. The van der Waals surface area contributed by atoms with E-state index in [-0.39, 0.29) is 0 Å². The van der Waals surface area contributed by atoms with Crippen molar-refractivity contribution in [2.24, 2.45) is 0 Å². The van der Waals surface area contributed by atoms with Crippen molar-refractivity contribution >= 4 is 0 Å². The molecule has 25 heavy (non-hydrogen) atoms. The standard InChI is InChI=1S/C19H25N3O3/c1-14-20-18(25-21-14)12-19(23)7-2-8-22(13-19)9-5-15-3-4-17-16(11-15)6-10-24-17/h3-4,11,23H,2,5-10,12-13H2,1H3. The average molecular weight is 343 g/mol. The smallest absolute Gasteiger partial charge is 0.229 e. The van der Waals surface area contributed by atoms with Crippen LogP contribution in [0.5, 0.6) is 5.75 Å². The highest BCUT2D eigenvalue weighted by molar-refractivity contribution is 5.39. The molecule has 0 radical (unpaired) electrons. The number of aromatic nitrogens is 2. The first kappa shape index (κ1) is 16.5. The van der Waals surface area contributed by atoms with E-state index in [9.17, 15) is 5.11 Å². The fourth-order valence-corrected chi connectivity index (χ4v) is 3.92. The first-order valence-corrected chi connectivity index (χ1v) is 9.08. The molecular formula is C19H25N3O3. The molecule has 0 amide bonds. The summed E-state index contributed by atoms with van der Waals surface area (Å²) in [4.78, 5) is 6.58. The van der Waals surface area contributed by atoms with E-state index in [1.807, 2.05) is 0 Å². The van der Waals surface area contributed by atoms with Gasteiger partial charge in [0.05, 0.1) is 18.6 Å². The van der Waals surface area contributed by atoms with Crippen LogP contribution in [0, 0.1) is 6.92 Å². The molecule has 3 heterocycles. The fraction of sp³-hybridized carbons (Fsp3) is 0.579. The van der Waals surface area contributed by atoms with Gasteiger partial charge in [0.1, 0.15) is 5.75 Å². The highest BCUT2D eigenvalue weighted by Gasteiger charge is 2.35. The molecule has 2 aromatic rings. The first-order chi connectivity index (χ1) is 12.1. The number of aryl methyl sites for hydroxylation is 1. The van der Waals surface area contributed by atoms with Crippen molar-refractivity contribution in [3.8, 4) is 5.75 Å². The quantitative estimate of drug-likeness (QED) is 0.894. The summed E-state index contributed by atoms with van der Waals surface area (Å²) in [6.07, 6.45) is 4.20. The normalized spacial score (nSPS) is 23.4. The molecular weight excluding hydrogens is 318 g/mol. The van der Waals surface area contributed by atoms with Crippen LogP contribution in [0.1, 0.15) is 35.7 Å². The van der Waals surface area contributed by atoms with Crippen LogP contribution in [-0.2, 0) is 19.3 Å². The second kappa shape index (κ2) is 6.77. The van der Waals surface area contributed by atoms with Gasteiger partial charge in [-0.1, -0.05) is 17.3 Å². The number of rotatable bonds is 5. The largest absolute Gasteiger partial charge is 0.493 e. The van der Waals surface area contributed by atoms with Crippen LogP contribution in [-0.4, -0.2) is 52.0 Å². The van der Waals surface area contributed by atoms with Crippen LogP contribution >= 0.6 is 0 Å². The second-order valence-corrected chi connectivity index (χ2v) is 7.31. The number of nitrogens with zero attached hydrogens (tertiary/aromatic N) is 3. The maximum Gasteiger partial charge on any atom is 0.229 e. The average Bonchev–Trinajstić information content (AvgIpc) is 3.21. The summed E-state index contributed by atoms with van der Waals surface area (Å²) in [5.41, 5.74) is 1.88. The van der Waals surface area contributed by atoms with E-state index in [4.69, 9.17) is 9.26 Å². The number of aliphatic hydroxyl groups is 1. The summed E-state index contributed by atoms with van der Waals surface area (Å²) in [6, 6.07) is 6.50. The van der Waals surface area contributed by atoms with Crippen LogP contribution in [0.3, 0.4) is 0 Å². The van der Waals surface area contributed by atoms with E-state index in [0.717, 1.165) is 51.1 Å². The predicted octanol–water partition coefficient (Wildman–Crippen LogP) is 1.93. The Morgan fingerprint density at radius 2 is 2.28 bits per heavy atom. The first-order valence-electron chi connectivity index (χ1n) is 9.08. The van der Waals surface area contributed by atoms with Gasteiger partial charge in [-0.15, -0.1) is 0 Å². The van der Waals surface area contributed by atoms with Crippen molar-refractivity contribution in [1.82, 2.24) is 15.0 Å². The van der Waals surface area contributed by atoms with E-state index < -0.39 is 5.60 Å². The number of ether oxygens (including phenoxy) is 1. The van der Waals surface area contributed by atoms with Crippen LogP contribution in [0.2, 0.25) is 0 Å². The Bertz CT molecular complexity index is 745. The molecule has 2 aliphatic heterocycles. The number of benzene rings is 1. The Morgan fingerprint density at radius 3 is 3.12 bits per heavy atom. The van der Waals surface area contributed by atoms with Gasteiger partial charge in [0.25, 0.3) is 0 Å². The van der Waals surface area contributed by atoms with E-state index in [0.29, 0.717) is 24.7 Å². The maximum absolute atomic E-state index is 10.9. The van der Waals surface area contributed by atoms with Gasteiger partial charge in [0.15, 0.2) is 5.82 Å². The Balaban J connectivity index is 1.35. The Kier molecular flexibility index (Phi) is 4.48. The Hall–Kier alpha value is -1.92. The molecule has 6 nitrogen and oxygen atoms in total. The monoisotopic (exact) mass is 343 g/mol. The van der Waals surface area contributed by atoms with Crippen molar-refractivity contribution in [3.63, 3.8) is 0 Å². The van der Waals surface area contributed by atoms with E-state index in [1.165, 1.54) is 11.1 Å². The van der Waals surface area contributed by atoms with E-state index >= 15 is 0 Å². The van der Waals surface area contributed by atoms with Crippen LogP contribution in [0.15, 0.2) is 22.7 Å². The minimum absolute atomic E-state index is 0.431. The number of hydrogen-bond acceptors (Lipinski definition) is 6. The third-order valence-corrected chi connectivity index (χ3v) is 5.15. The topological polar surface area (TPSA) is 71.6 Å². The van der Waals surface area contributed by atoms with Crippen molar-refractivity contribution in [2.45, 2.75) is 44.6 Å². The molecule has 2 aliphatic rings. The van der Waals surface area contributed by atoms with Crippen molar-refractivity contribution in [1.29, 1.82) is 0 Å². The molecule has 1 unspecified atom stereocenters. The SMILES string of the molecule is Cc1noc(CC2(O)CCCN(CCc3ccc4c(c3)CCO4)C2)n1. The maximum atomic E-state index is 10.9. The molecule has 0 aliphatic carbocycles. The molecule has 4 rings (SSSR count). The lowest BCUT2D eigenvalue weighted by atomic mass is 9.89. The van der Waals surface area contributed by atoms with Gasteiger partial charge in [-0.05, 0) is 49.9 Å². The van der Waals surface area contributed by atoms with Crippen LogP contribution in [0.25, 0.3) is 0 Å². The Labute approximate surface area is 147 Å². The van der Waals surface area contributed by atoms with Crippen LogP contribution in [0.4, 0.5) is 0 Å². The minimum Gasteiger partial charge on any atom is -0.493 e. The second-order valence-electron chi connectivity index (χ2n) is 7.31. The number of β-amino-alcohol motifs (C(OH)–C–C–N with tert-alkyl or cyclic N) is 1. The van der Waals surface area contributed by atoms with E-state index in [1.54, 1.807) is 6.92 Å². The summed E-state index contributed by atoms with van der Waals surface area (Å²) < 4.78 is 10.8. The molecule has 1 saturated heterocycles. The predicted molar refractivity (Wildman–Crippen MR) is 92.7 cm³/mol. The van der Waals surface area contributed by atoms with Gasteiger partial charge in [-0.25, -0.2) is 0 Å². The van der Waals surface area contributed by atoms with Gasteiger partial charge in [-0.2, -0.15) is 4.98 Å². The molecule has 0 spiro atoms. The van der Waals surface area contributed by atoms with Crippen molar-refractivity contribution in [2.75, 3.05) is 26.2 Å². The van der Waals surface area contributed by atoms with Gasteiger partial charge in [0, 0.05) is 19.5 Å². The van der Waals surface area contributed by atoms with Gasteiger partial charge < -0.3 is 19.3 Å². The lowest BCUT2D eigenvalue weighted by Gasteiger charge is -2.38. The summed E-state index contributed by atoms with van der Waals surface area (Å²) in [6.45, 7) is 5.23. The van der Waals surface area contributed by atoms with E-state index in [2.05, 4.69) is 33.2 Å². The summed E-state index contributed by atoms with van der Waals surface area (Å²) in [7, 11) is 0.